The van der Waals surface area contributed by atoms with Gasteiger partial charge in [0.15, 0.2) is 13.5 Å². The van der Waals surface area contributed by atoms with E-state index in [1.54, 1.807) is 0 Å². The molecule has 0 saturated carbocycles. The Hall–Kier alpha value is -1.66. The van der Waals surface area contributed by atoms with Crippen LogP contribution in [0.25, 0.3) is 0 Å². The highest BCUT2D eigenvalue weighted by Gasteiger charge is 2.03. The Morgan fingerprint density at radius 2 is 1.15 bits per heavy atom. The monoisotopic (exact) mass is 364 g/mol. The van der Waals surface area contributed by atoms with Crippen molar-refractivity contribution in [3.05, 3.63) is 37.4 Å². The van der Waals surface area contributed by atoms with Crippen LogP contribution in [0.15, 0.2) is 37.4 Å². The van der Waals surface area contributed by atoms with Gasteiger partial charge in [-0.1, -0.05) is 26.7 Å². The average Bonchev–Trinajstić information content (AvgIpc) is 3.27. The first kappa shape index (κ1) is 20.6. The van der Waals surface area contributed by atoms with Crippen molar-refractivity contribution in [2.75, 3.05) is 13.2 Å². The summed E-state index contributed by atoms with van der Waals surface area (Å²) < 4.78 is 20.0. The Bertz CT molecular complexity index is 542. The lowest BCUT2D eigenvalue weighted by Crippen LogP contribution is -2.32. The first-order chi connectivity index (χ1) is 12.8. The summed E-state index contributed by atoms with van der Waals surface area (Å²) in [5.74, 6) is 0. The van der Waals surface area contributed by atoms with E-state index in [1.165, 1.54) is 12.8 Å². The Balaban J connectivity index is 1.39. The number of aromatic nitrogens is 4. The lowest BCUT2D eigenvalue weighted by molar-refractivity contribution is -0.732. The molecule has 0 saturated heterocycles. The van der Waals surface area contributed by atoms with Gasteiger partial charge in [0.05, 0.1) is 26.3 Å². The summed E-state index contributed by atoms with van der Waals surface area (Å²) in [4.78, 5) is 0. The molecular formula is C20H36N4O2+2. The third-order valence-electron chi connectivity index (χ3n) is 4.26. The summed E-state index contributed by atoms with van der Waals surface area (Å²) >= 11 is 0. The Morgan fingerprint density at radius 3 is 1.58 bits per heavy atom. The first-order valence-electron chi connectivity index (χ1n) is 10.1. The second-order valence-electron chi connectivity index (χ2n) is 6.82. The predicted octanol–water partition coefficient (Wildman–Crippen LogP) is 2.89. The molecule has 0 atom stereocenters. The van der Waals surface area contributed by atoms with Crippen LogP contribution in [-0.2, 0) is 36.0 Å². The molecule has 0 radical (unpaired) electrons. The third kappa shape index (κ3) is 8.15. The zero-order valence-electron chi connectivity index (χ0n) is 16.6. The summed E-state index contributed by atoms with van der Waals surface area (Å²) in [6.45, 7) is 9.46. The molecule has 0 bridgehead atoms. The van der Waals surface area contributed by atoms with Crippen LogP contribution in [0.1, 0.15) is 52.4 Å². The van der Waals surface area contributed by atoms with E-state index in [-0.39, 0.29) is 0 Å². The van der Waals surface area contributed by atoms with Gasteiger partial charge in [0.25, 0.3) is 0 Å². The molecule has 2 aromatic rings. The van der Waals surface area contributed by atoms with E-state index in [2.05, 4.69) is 69.6 Å². The number of unbranched alkanes of at least 4 members (excludes halogenated alkanes) is 3. The Labute approximate surface area is 158 Å². The molecule has 0 amide bonds. The number of hydrogen-bond acceptors (Lipinski definition) is 2. The molecular weight excluding hydrogens is 328 g/mol. The van der Waals surface area contributed by atoms with E-state index in [9.17, 15) is 0 Å². The van der Waals surface area contributed by atoms with Gasteiger partial charge in [-0.3, -0.25) is 0 Å². The topological polar surface area (TPSA) is 36.1 Å². The summed E-state index contributed by atoms with van der Waals surface area (Å²) in [6, 6.07) is 0. The van der Waals surface area contributed by atoms with E-state index >= 15 is 0 Å². The number of aryl methyl sites for hydroxylation is 2. The van der Waals surface area contributed by atoms with Gasteiger partial charge in [0.2, 0.25) is 12.7 Å². The quantitative estimate of drug-likeness (QED) is 0.360. The van der Waals surface area contributed by atoms with Crippen molar-refractivity contribution in [1.82, 2.24) is 9.13 Å². The summed E-state index contributed by atoms with van der Waals surface area (Å²) in [6.07, 6.45) is 19.5. The molecule has 6 nitrogen and oxygen atoms in total. The molecule has 0 aliphatic carbocycles. The largest absolute Gasteiger partial charge is 0.342 e. The zero-order chi connectivity index (χ0) is 18.5. The molecule has 0 fully saturated rings. The van der Waals surface area contributed by atoms with E-state index in [0.717, 1.165) is 52.0 Å². The molecule has 2 rings (SSSR count). The summed E-state index contributed by atoms with van der Waals surface area (Å²) in [5.41, 5.74) is 0. The molecule has 26 heavy (non-hydrogen) atoms. The second kappa shape index (κ2) is 12.7. The minimum absolute atomic E-state index is 0.648. The van der Waals surface area contributed by atoms with Gasteiger partial charge in [-0.25, -0.2) is 18.3 Å². The Morgan fingerprint density at radius 1 is 0.692 bits per heavy atom. The van der Waals surface area contributed by atoms with Crippen LogP contribution >= 0.6 is 0 Å². The fourth-order valence-electron chi connectivity index (χ4n) is 2.91. The van der Waals surface area contributed by atoms with Crippen molar-refractivity contribution in [3.63, 3.8) is 0 Å². The highest BCUT2D eigenvalue weighted by molar-refractivity contribution is 4.65. The van der Waals surface area contributed by atoms with Crippen LogP contribution in [0.2, 0.25) is 0 Å². The van der Waals surface area contributed by atoms with Crippen molar-refractivity contribution in [2.45, 2.75) is 78.9 Å². The van der Waals surface area contributed by atoms with Gasteiger partial charge in [-0.2, -0.15) is 0 Å². The van der Waals surface area contributed by atoms with Gasteiger partial charge < -0.3 is 9.47 Å². The maximum Gasteiger partial charge on any atom is 0.245 e. The smallest absolute Gasteiger partial charge is 0.245 e. The third-order valence-corrected chi connectivity index (χ3v) is 4.26. The van der Waals surface area contributed by atoms with Crippen molar-refractivity contribution in [2.24, 2.45) is 0 Å². The van der Waals surface area contributed by atoms with Crippen molar-refractivity contribution in [1.29, 1.82) is 0 Å². The molecule has 0 spiro atoms. The minimum atomic E-state index is 0.648. The first-order valence-corrected chi connectivity index (χ1v) is 10.1. The number of imidazole rings is 2. The Kier molecular flexibility index (Phi) is 10.1. The average molecular weight is 365 g/mol. The van der Waals surface area contributed by atoms with Crippen LogP contribution < -0.4 is 9.13 Å². The number of hydrogen-bond donors (Lipinski definition) is 0. The van der Waals surface area contributed by atoms with Crippen LogP contribution in [0.5, 0.6) is 0 Å². The van der Waals surface area contributed by atoms with E-state index in [1.807, 2.05) is 0 Å². The summed E-state index contributed by atoms with van der Waals surface area (Å²) in [7, 11) is 0. The van der Waals surface area contributed by atoms with E-state index in [4.69, 9.17) is 9.47 Å². The van der Waals surface area contributed by atoms with Gasteiger partial charge in [0, 0.05) is 0 Å². The molecule has 2 heterocycles. The second-order valence-corrected chi connectivity index (χ2v) is 6.82. The highest BCUT2D eigenvalue weighted by Crippen LogP contribution is 2.01. The molecule has 6 heteroatoms. The molecule has 0 aliphatic rings. The predicted molar refractivity (Wildman–Crippen MR) is 100 cm³/mol. The summed E-state index contributed by atoms with van der Waals surface area (Å²) in [5, 5.41) is 0. The number of rotatable bonds is 15. The van der Waals surface area contributed by atoms with Crippen molar-refractivity contribution >= 4 is 0 Å². The SMILES string of the molecule is CCCn1cc[n+](COCCCCCCOC[n+]2ccn(CCC)c2)c1. The lowest BCUT2D eigenvalue weighted by atomic mass is 10.2. The van der Waals surface area contributed by atoms with E-state index in [0.29, 0.717) is 13.5 Å². The van der Waals surface area contributed by atoms with Crippen molar-refractivity contribution < 1.29 is 18.6 Å². The van der Waals surface area contributed by atoms with Gasteiger partial charge in [-0.05, 0) is 25.7 Å². The normalized spacial score (nSPS) is 11.3. The maximum atomic E-state index is 5.73. The molecule has 0 aromatic carbocycles. The van der Waals surface area contributed by atoms with Gasteiger partial charge in [0.1, 0.15) is 24.8 Å². The number of nitrogens with zero attached hydrogens (tertiary/aromatic N) is 4. The maximum absolute atomic E-state index is 5.73. The van der Waals surface area contributed by atoms with Crippen LogP contribution in [0, 0.1) is 0 Å². The van der Waals surface area contributed by atoms with Crippen LogP contribution in [0.4, 0.5) is 0 Å². The highest BCUT2D eigenvalue weighted by atomic mass is 16.5. The van der Waals surface area contributed by atoms with Gasteiger partial charge in [-0.15, -0.1) is 0 Å². The van der Waals surface area contributed by atoms with Crippen molar-refractivity contribution in [3.8, 4) is 0 Å². The molecule has 0 N–H and O–H groups in total. The molecule has 146 valence electrons. The zero-order valence-corrected chi connectivity index (χ0v) is 16.6. The minimum Gasteiger partial charge on any atom is -0.342 e. The lowest BCUT2D eigenvalue weighted by Gasteiger charge is -2.03. The standard InChI is InChI=1S/C20H36N4O2/c1-3-9-21-11-13-23(17-21)19-25-15-7-5-6-8-16-26-20-24-14-12-22(18-24)10-4-2/h11-14,17-18H,3-10,15-16,19-20H2,1-2H3/q+2. The fourth-order valence-corrected chi connectivity index (χ4v) is 2.91. The van der Waals surface area contributed by atoms with Crippen LogP contribution in [0.3, 0.4) is 0 Å². The molecule has 2 aromatic heterocycles. The molecule has 0 unspecified atom stereocenters. The molecule has 0 aliphatic heterocycles. The number of ether oxygens (including phenoxy) is 2. The van der Waals surface area contributed by atoms with Crippen LogP contribution in [-0.4, -0.2) is 22.3 Å². The van der Waals surface area contributed by atoms with Gasteiger partial charge >= 0.3 is 0 Å². The van der Waals surface area contributed by atoms with E-state index < -0.39 is 0 Å². The fraction of sp³-hybridized carbons (Fsp3) is 0.700.